The fourth-order valence-corrected chi connectivity index (χ4v) is 1.55. The molecule has 0 fully saturated rings. The minimum Gasteiger partial charge on any atom is -0.435 e. The van der Waals surface area contributed by atoms with Crippen molar-refractivity contribution in [2.75, 3.05) is 0 Å². The highest BCUT2D eigenvalue weighted by Crippen LogP contribution is 2.23. The third-order valence-electron chi connectivity index (χ3n) is 2.28. The lowest BCUT2D eigenvalue weighted by Gasteiger charge is -2.06. The zero-order valence-corrected chi connectivity index (χ0v) is 8.36. The van der Waals surface area contributed by atoms with Gasteiger partial charge >= 0.3 is 6.61 Å². The standard InChI is InChI=1S/C12H10F2O2/c13-12(14)16-11-4-3-9-2-1-8(7-15)5-10(9)6-11/h1-6,12,15H,7H2. The molecule has 0 aliphatic heterocycles. The van der Waals surface area contributed by atoms with Crippen LogP contribution in [0.15, 0.2) is 36.4 Å². The Kier molecular flexibility index (Phi) is 3.01. The molecule has 0 atom stereocenters. The lowest BCUT2D eigenvalue weighted by molar-refractivity contribution is -0.0497. The SMILES string of the molecule is OCc1ccc2ccc(OC(F)F)cc2c1. The van der Waals surface area contributed by atoms with Crippen LogP contribution in [0.3, 0.4) is 0 Å². The highest BCUT2D eigenvalue weighted by Gasteiger charge is 2.04. The van der Waals surface area contributed by atoms with Gasteiger partial charge in [0.25, 0.3) is 0 Å². The average Bonchev–Trinajstić information content (AvgIpc) is 2.27. The van der Waals surface area contributed by atoms with Crippen LogP contribution in [-0.4, -0.2) is 11.7 Å². The van der Waals surface area contributed by atoms with E-state index in [1.54, 1.807) is 18.2 Å². The van der Waals surface area contributed by atoms with Crippen LogP contribution in [0.5, 0.6) is 5.75 Å². The van der Waals surface area contributed by atoms with Crippen molar-refractivity contribution in [1.82, 2.24) is 0 Å². The molecule has 1 N–H and O–H groups in total. The van der Waals surface area contributed by atoms with Gasteiger partial charge in [0.05, 0.1) is 6.61 Å². The Bertz CT molecular complexity index is 497. The van der Waals surface area contributed by atoms with Gasteiger partial charge in [-0.15, -0.1) is 0 Å². The van der Waals surface area contributed by atoms with Crippen molar-refractivity contribution in [3.63, 3.8) is 0 Å². The summed E-state index contributed by atoms with van der Waals surface area (Å²) in [6, 6.07) is 10.1. The summed E-state index contributed by atoms with van der Waals surface area (Å²) in [6.07, 6.45) is 0. The topological polar surface area (TPSA) is 29.5 Å². The van der Waals surface area contributed by atoms with Gasteiger partial charge in [-0.2, -0.15) is 8.78 Å². The van der Waals surface area contributed by atoms with Crippen LogP contribution >= 0.6 is 0 Å². The van der Waals surface area contributed by atoms with E-state index >= 15 is 0 Å². The summed E-state index contributed by atoms with van der Waals surface area (Å²) in [5, 5.41) is 10.6. The van der Waals surface area contributed by atoms with Crippen molar-refractivity contribution in [3.8, 4) is 5.75 Å². The van der Waals surface area contributed by atoms with Gasteiger partial charge in [-0.1, -0.05) is 18.2 Å². The summed E-state index contributed by atoms with van der Waals surface area (Å²) in [4.78, 5) is 0. The molecule has 2 aromatic carbocycles. The molecule has 0 aliphatic carbocycles. The maximum Gasteiger partial charge on any atom is 0.387 e. The molecule has 2 nitrogen and oxygen atoms in total. The molecule has 0 saturated heterocycles. The van der Waals surface area contributed by atoms with E-state index in [1.807, 2.05) is 6.07 Å². The number of hydrogen-bond donors (Lipinski definition) is 1. The van der Waals surface area contributed by atoms with E-state index in [4.69, 9.17) is 5.11 Å². The fourth-order valence-electron chi connectivity index (χ4n) is 1.55. The van der Waals surface area contributed by atoms with Crippen LogP contribution in [0, 0.1) is 0 Å². The van der Waals surface area contributed by atoms with Crippen LogP contribution in [-0.2, 0) is 6.61 Å². The summed E-state index contributed by atoms with van der Waals surface area (Å²) in [5.74, 6) is 0.123. The smallest absolute Gasteiger partial charge is 0.387 e. The van der Waals surface area contributed by atoms with Gasteiger partial charge in [0.15, 0.2) is 0 Å². The minimum atomic E-state index is -2.82. The van der Waals surface area contributed by atoms with Crippen molar-refractivity contribution in [2.24, 2.45) is 0 Å². The number of benzene rings is 2. The van der Waals surface area contributed by atoms with E-state index in [1.165, 1.54) is 12.1 Å². The van der Waals surface area contributed by atoms with E-state index in [0.29, 0.717) is 0 Å². The van der Waals surface area contributed by atoms with Crippen molar-refractivity contribution in [1.29, 1.82) is 0 Å². The van der Waals surface area contributed by atoms with Crippen LogP contribution in [0.2, 0.25) is 0 Å². The second-order valence-corrected chi connectivity index (χ2v) is 3.38. The van der Waals surface area contributed by atoms with Crippen LogP contribution in [0.1, 0.15) is 5.56 Å². The summed E-state index contributed by atoms with van der Waals surface area (Å²) in [6.45, 7) is -2.89. The van der Waals surface area contributed by atoms with E-state index in [2.05, 4.69) is 4.74 Å². The normalized spacial score (nSPS) is 11.0. The summed E-state index contributed by atoms with van der Waals surface area (Å²) in [7, 11) is 0. The maximum atomic E-state index is 12.0. The lowest BCUT2D eigenvalue weighted by atomic mass is 10.1. The second-order valence-electron chi connectivity index (χ2n) is 3.38. The monoisotopic (exact) mass is 224 g/mol. The predicted molar refractivity (Wildman–Crippen MR) is 56.5 cm³/mol. The molecule has 2 aromatic rings. The minimum absolute atomic E-state index is 0.0735. The first kappa shape index (κ1) is 10.8. The number of aliphatic hydroxyl groups excluding tert-OH is 1. The van der Waals surface area contributed by atoms with E-state index in [-0.39, 0.29) is 12.4 Å². The van der Waals surface area contributed by atoms with Gasteiger partial charge < -0.3 is 9.84 Å². The van der Waals surface area contributed by atoms with Crippen molar-refractivity contribution in [2.45, 2.75) is 13.2 Å². The molecule has 0 bridgehead atoms. The van der Waals surface area contributed by atoms with Gasteiger partial charge in [0, 0.05) is 0 Å². The molecule has 84 valence electrons. The van der Waals surface area contributed by atoms with E-state index in [9.17, 15) is 8.78 Å². The molecule has 0 aromatic heterocycles. The van der Waals surface area contributed by atoms with Gasteiger partial charge in [-0.05, 0) is 34.5 Å². The molecule has 0 saturated carbocycles. The Labute approximate surface area is 91.1 Å². The molecule has 0 heterocycles. The largest absolute Gasteiger partial charge is 0.435 e. The second kappa shape index (κ2) is 4.45. The molecule has 4 heteroatoms. The number of aliphatic hydroxyl groups is 1. The highest BCUT2D eigenvalue weighted by molar-refractivity contribution is 5.84. The Balaban J connectivity index is 2.42. The first-order valence-corrected chi connectivity index (χ1v) is 4.77. The number of rotatable bonds is 3. The number of halogens is 2. The zero-order valence-electron chi connectivity index (χ0n) is 8.36. The quantitative estimate of drug-likeness (QED) is 0.868. The van der Waals surface area contributed by atoms with Crippen LogP contribution < -0.4 is 4.74 Å². The molecule has 0 amide bonds. The Morgan fingerprint density at radius 3 is 2.50 bits per heavy atom. The Morgan fingerprint density at radius 2 is 1.81 bits per heavy atom. The summed E-state index contributed by atoms with van der Waals surface area (Å²) in [5.41, 5.74) is 0.738. The predicted octanol–water partition coefficient (Wildman–Crippen LogP) is 2.93. The molecule has 2 rings (SSSR count). The van der Waals surface area contributed by atoms with Crippen LogP contribution in [0.25, 0.3) is 10.8 Å². The van der Waals surface area contributed by atoms with Gasteiger partial charge in [0.1, 0.15) is 5.75 Å². The van der Waals surface area contributed by atoms with E-state index < -0.39 is 6.61 Å². The number of hydrogen-bond acceptors (Lipinski definition) is 2. The molecule has 0 aliphatic rings. The van der Waals surface area contributed by atoms with Crippen molar-refractivity contribution in [3.05, 3.63) is 42.0 Å². The average molecular weight is 224 g/mol. The summed E-state index contributed by atoms with van der Waals surface area (Å²) < 4.78 is 28.3. The first-order chi connectivity index (χ1) is 7.69. The zero-order chi connectivity index (χ0) is 11.5. The lowest BCUT2D eigenvalue weighted by Crippen LogP contribution is -2.01. The number of fused-ring (bicyclic) bond motifs is 1. The third-order valence-corrected chi connectivity index (χ3v) is 2.28. The molecular weight excluding hydrogens is 214 g/mol. The first-order valence-electron chi connectivity index (χ1n) is 4.77. The Hall–Kier alpha value is -1.68. The Morgan fingerprint density at radius 1 is 1.06 bits per heavy atom. The van der Waals surface area contributed by atoms with Gasteiger partial charge in [-0.3, -0.25) is 0 Å². The van der Waals surface area contributed by atoms with Crippen molar-refractivity contribution < 1.29 is 18.6 Å². The fraction of sp³-hybridized carbons (Fsp3) is 0.167. The molecule has 0 unspecified atom stereocenters. The third kappa shape index (κ3) is 2.28. The van der Waals surface area contributed by atoms with Gasteiger partial charge in [-0.25, -0.2) is 0 Å². The van der Waals surface area contributed by atoms with Crippen molar-refractivity contribution >= 4 is 10.8 Å². The molecule has 0 radical (unpaired) electrons. The number of alkyl halides is 2. The maximum absolute atomic E-state index is 12.0. The molecular formula is C12H10F2O2. The molecule has 0 spiro atoms. The molecule has 16 heavy (non-hydrogen) atoms. The summed E-state index contributed by atoms with van der Waals surface area (Å²) >= 11 is 0. The van der Waals surface area contributed by atoms with E-state index in [0.717, 1.165) is 16.3 Å². The van der Waals surface area contributed by atoms with Gasteiger partial charge in [0.2, 0.25) is 0 Å². The van der Waals surface area contributed by atoms with Crippen LogP contribution in [0.4, 0.5) is 8.78 Å². The number of ether oxygens (including phenoxy) is 1. The highest BCUT2D eigenvalue weighted by atomic mass is 19.3.